The van der Waals surface area contributed by atoms with Gasteiger partial charge in [-0.1, -0.05) is 6.07 Å². The average molecular weight is 335 g/mol. The number of benzene rings is 1. The molecule has 0 amide bonds. The molecule has 1 N–H and O–H groups in total. The van der Waals surface area contributed by atoms with Gasteiger partial charge in [0.05, 0.1) is 12.0 Å². The van der Waals surface area contributed by atoms with Crippen LogP contribution in [0, 0.1) is 5.92 Å². The van der Waals surface area contributed by atoms with E-state index in [2.05, 4.69) is 10.2 Å². The van der Waals surface area contributed by atoms with Gasteiger partial charge in [-0.15, -0.1) is 0 Å². The summed E-state index contributed by atoms with van der Waals surface area (Å²) >= 11 is 0. The molecule has 1 aliphatic heterocycles. The number of rotatable bonds is 5. The van der Waals surface area contributed by atoms with Gasteiger partial charge in [0.25, 0.3) is 0 Å². The van der Waals surface area contributed by atoms with Crippen LogP contribution in [0.1, 0.15) is 18.5 Å². The number of aromatic nitrogens is 2. The van der Waals surface area contributed by atoms with Gasteiger partial charge in [0.1, 0.15) is 5.75 Å². The number of piperidine rings is 1. The summed E-state index contributed by atoms with van der Waals surface area (Å²) in [6.07, 6.45) is 4.46. The fourth-order valence-electron chi connectivity index (χ4n) is 3.03. The molecule has 0 spiro atoms. The van der Waals surface area contributed by atoms with Crippen LogP contribution < -0.4 is 4.74 Å². The van der Waals surface area contributed by atoms with E-state index in [1.54, 1.807) is 34.8 Å². The first-order valence-corrected chi connectivity index (χ1v) is 9.16. The molecule has 1 saturated heterocycles. The number of hydrogen-bond acceptors (Lipinski definition) is 4. The van der Waals surface area contributed by atoms with Crippen molar-refractivity contribution in [2.24, 2.45) is 5.92 Å². The van der Waals surface area contributed by atoms with E-state index in [4.69, 9.17) is 4.74 Å². The van der Waals surface area contributed by atoms with Crippen LogP contribution in [0.2, 0.25) is 0 Å². The Labute approximate surface area is 136 Å². The van der Waals surface area contributed by atoms with Crippen molar-refractivity contribution in [2.45, 2.75) is 24.2 Å². The van der Waals surface area contributed by atoms with Crippen molar-refractivity contribution in [1.82, 2.24) is 14.5 Å². The Balaban J connectivity index is 1.76. The second-order valence-corrected chi connectivity index (χ2v) is 7.77. The number of methoxy groups -OCH3 is 1. The summed E-state index contributed by atoms with van der Waals surface area (Å²) in [5.74, 6) is 0.863. The molecule has 1 fully saturated rings. The molecular weight excluding hydrogens is 314 g/mol. The minimum absolute atomic E-state index is 0.291. The number of aromatic amines is 1. The molecule has 23 heavy (non-hydrogen) atoms. The highest BCUT2D eigenvalue weighted by Crippen LogP contribution is 2.27. The van der Waals surface area contributed by atoms with Crippen LogP contribution in [0.5, 0.6) is 5.75 Å². The Morgan fingerprint density at radius 1 is 1.39 bits per heavy atom. The third-order valence-corrected chi connectivity index (χ3v) is 6.09. The summed E-state index contributed by atoms with van der Waals surface area (Å²) in [5, 5.41) is 6.90. The molecule has 7 heteroatoms. The van der Waals surface area contributed by atoms with Gasteiger partial charge >= 0.3 is 0 Å². The number of ether oxygens (including phenoxy) is 1. The van der Waals surface area contributed by atoms with E-state index in [1.807, 2.05) is 6.07 Å². The van der Waals surface area contributed by atoms with Gasteiger partial charge < -0.3 is 4.74 Å². The molecule has 2 heterocycles. The van der Waals surface area contributed by atoms with Crippen molar-refractivity contribution >= 4 is 10.0 Å². The lowest BCUT2D eigenvalue weighted by Gasteiger charge is -2.31. The van der Waals surface area contributed by atoms with E-state index in [9.17, 15) is 8.42 Å². The summed E-state index contributed by atoms with van der Waals surface area (Å²) in [6.45, 7) is 1.11. The predicted molar refractivity (Wildman–Crippen MR) is 86.8 cm³/mol. The van der Waals surface area contributed by atoms with Gasteiger partial charge in [-0.05, 0) is 43.4 Å². The molecule has 0 aliphatic carbocycles. The van der Waals surface area contributed by atoms with Crippen LogP contribution in [-0.4, -0.2) is 43.1 Å². The third-order valence-electron chi connectivity index (χ3n) is 4.23. The molecule has 0 saturated carbocycles. The third kappa shape index (κ3) is 3.56. The van der Waals surface area contributed by atoms with Crippen LogP contribution in [0.25, 0.3) is 0 Å². The standard InChI is InChI=1S/C16H21N3O3S/c1-22-15-5-2-6-16(11-15)23(20,21)19-9-3-4-13(12-19)10-14-7-8-17-18-14/h2,5-8,11,13H,3-4,9-10,12H2,1H3,(H,17,18)/t13-/m0/s1. The Hall–Kier alpha value is -1.86. The topological polar surface area (TPSA) is 75.3 Å². The molecule has 1 aliphatic rings. The maximum absolute atomic E-state index is 12.9. The second-order valence-electron chi connectivity index (χ2n) is 5.84. The first-order chi connectivity index (χ1) is 11.1. The lowest BCUT2D eigenvalue weighted by atomic mass is 9.95. The van der Waals surface area contributed by atoms with Gasteiger partial charge in [0.15, 0.2) is 0 Å². The van der Waals surface area contributed by atoms with Crippen LogP contribution in [-0.2, 0) is 16.4 Å². The molecule has 0 bridgehead atoms. The first kappa shape index (κ1) is 16.0. The first-order valence-electron chi connectivity index (χ1n) is 7.72. The highest BCUT2D eigenvalue weighted by atomic mass is 32.2. The quantitative estimate of drug-likeness (QED) is 0.907. The summed E-state index contributed by atoms with van der Waals surface area (Å²) in [6, 6.07) is 8.59. The van der Waals surface area contributed by atoms with Gasteiger partial charge in [-0.2, -0.15) is 9.40 Å². The highest BCUT2D eigenvalue weighted by Gasteiger charge is 2.30. The Kier molecular flexibility index (Phi) is 4.68. The van der Waals surface area contributed by atoms with Crippen molar-refractivity contribution in [1.29, 1.82) is 0 Å². The van der Waals surface area contributed by atoms with Crippen LogP contribution in [0.3, 0.4) is 0 Å². The molecule has 6 nitrogen and oxygen atoms in total. The lowest BCUT2D eigenvalue weighted by molar-refractivity contribution is 0.264. The van der Waals surface area contributed by atoms with Crippen molar-refractivity contribution < 1.29 is 13.2 Å². The number of hydrogen-bond donors (Lipinski definition) is 1. The Morgan fingerprint density at radius 2 is 2.26 bits per heavy atom. The van der Waals surface area contributed by atoms with E-state index >= 15 is 0 Å². The SMILES string of the molecule is COc1cccc(S(=O)(=O)N2CCC[C@@H](Cc3ccn[nH]3)C2)c1. The van der Waals surface area contributed by atoms with Crippen LogP contribution in [0.15, 0.2) is 41.4 Å². The van der Waals surface area contributed by atoms with Crippen LogP contribution >= 0.6 is 0 Å². The molecule has 0 unspecified atom stereocenters. The number of H-pyrrole nitrogens is 1. The van der Waals surface area contributed by atoms with E-state index < -0.39 is 10.0 Å². The molecule has 1 aromatic heterocycles. The van der Waals surface area contributed by atoms with Gasteiger partial charge in [-0.3, -0.25) is 5.10 Å². The van der Waals surface area contributed by atoms with E-state index in [1.165, 1.54) is 7.11 Å². The normalized spacial score (nSPS) is 19.6. The fraction of sp³-hybridized carbons (Fsp3) is 0.438. The largest absolute Gasteiger partial charge is 0.497 e. The zero-order valence-corrected chi connectivity index (χ0v) is 13.9. The van der Waals surface area contributed by atoms with Crippen LogP contribution in [0.4, 0.5) is 0 Å². The fourth-order valence-corrected chi connectivity index (χ4v) is 4.62. The highest BCUT2D eigenvalue weighted by molar-refractivity contribution is 7.89. The Morgan fingerprint density at radius 3 is 3.00 bits per heavy atom. The Bertz CT molecular complexity index is 744. The molecule has 0 radical (unpaired) electrons. The molecule has 3 rings (SSSR count). The summed E-state index contributed by atoms with van der Waals surface area (Å²) in [5.41, 5.74) is 1.05. The molecule has 1 atom stereocenters. The lowest BCUT2D eigenvalue weighted by Crippen LogP contribution is -2.40. The molecular formula is C16H21N3O3S. The van der Waals surface area contributed by atoms with Crippen molar-refractivity contribution in [3.05, 3.63) is 42.2 Å². The van der Waals surface area contributed by atoms with Gasteiger partial charge in [-0.25, -0.2) is 8.42 Å². The van der Waals surface area contributed by atoms with E-state index in [-0.39, 0.29) is 0 Å². The number of nitrogens with zero attached hydrogens (tertiary/aromatic N) is 2. The summed E-state index contributed by atoms with van der Waals surface area (Å²) in [4.78, 5) is 0.291. The van der Waals surface area contributed by atoms with Crippen molar-refractivity contribution in [3.63, 3.8) is 0 Å². The van der Waals surface area contributed by atoms with Crippen molar-refractivity contribution in [3.8, 4) is 5.75 Å². The second kappa shape index (κ2) is 6.72. The molecule has 1 aromatic carbocycles. The van der Waals surface area contributed by atoms with Crippen molar-refractivity contribution in [2.75, 3.05) is 20.2 Å². The zero-order chi connectivity index (χ0) is 16.3. The summed E-state index contributed by atoms with van der Waals surface area (Å²) < 4.78 is 32.4. The van der Waals surface area contributed by atoms with Gasteiger partial charge in [0.2, 0.25) is 10.0 Å². The molecule has 124 valence electrons. The maximum atomic E-state index is 12.9. The van der Waals surface area contributed by atoms with Gasteiger partial charge in [0, 0.05) is 31.0 Å². The molecule has 2 aromatic rings. The zero-order valence-electron chi connectivity index (χ0n) is 13.1. The average Bonchev–Trinajstić information content (AvgIpc) is 3.08. The van der Waals surface area contributed by atoms with E-state index in [0.717, 1.165) is 25.0 Å². The number of sulfonamides is 1. The monoisotopic (exact) mass is 335 g/mol. The van der Waals surface area contributed by atoms with E-state index in [0.29, 0.717) is 29.7 Å². The minimum atomic E-state index is -3.48. The predicted octanol–water partition coefficient (Wildman–Crippen LogP) is 2.06. The summed E-state index contributed by atoms with van der Waals surface area (Å²) in [7, 11) is -1.94. The maximum Gasteiger partial charge on any atom is 0.243 e. The number of nitrogens with one attached hydrogen (secondary N) is 1. The smallest absolute Gasteiger partial charge is 0.243 e. The minimum Gasteiger partial charge on any atom is -0.497 e.